The Kier molecular flexibility index (Phi) is 4.34. The van der Waals surface area contributed by atoms with Crippen LogP contribution in [0.1, 0.15) is 18.5 Å². The first-order chi connectivity index (χ1) is 8.59. The third-order valence-corrected chi connectivity index (χ3v) is 4.74. The Morgan fingerprint density at radius 3 is 2.44 bits per heavy atom. The van der Waals surface area contributed by atoms with Crippen LogP contribution < -0.4 is 10.0 Å². The molecule has 6 heteroatoms. The minimum absolute atomic E-state index is 0.217. The molecule has 2 N–H and O–H groups in total. The molecule has 1 aliphatic heterocycles. The number of nitrogens with zero attached hydrogens (tertiary/aromatic N) is 1. The Morgan fingerprint density at radius 2 is 1.83 bits per heavy atom. The van der Waals surface area contributed by atoms with Gasteiger partial charge in [-0.1, -0.05) is 30.3 Å². The van der Waals surface area contributed by atoms with E-state index in [4.69, 9.17) is 0 Å². The second-order valence-electron chi connectivity index (χ2n) is 4.40. The summed E-state index contributed by atoms with van der Waals surface area (Å²) in [5.41, 5.74) is 0.969. The molecule has 18 heavy (non-hydrogen) atoms. The molecular weight excluding hydrogens is 250 g/mol. The van der Waals surface area contributed by atoms with E-state index >= 15 is 0 Å². The van der Waals surface area contributed by atoms with Crippen molar-refractivity contribution < 1.29 is 8.42 Å². The molecule has 0 amide bonds. The third-order valence-electron chi connectivity index (χ3n) is 3.04. The summed E-state index contributed by atoms with van der Waals surface area (Å²) >= 11 is 0. The first-order valence-corrected chi connectivity index (χ1v) is 7.57. The van der Waals surface area contributed by atoms with Crippen molar-refractivity contribution in [1.29, 1.82) is 0 Å². The van der Waals surface area contributed by atoms with Gasteiger partial charge in [-0.25, -0.2) is 0 Å². The van der Waals surface area contributed by atoms with Gasteiger partial charge in [-0.2, -0.15) is 17.4 Å². The van der Waals surface area contributed by atoms with Crippen molar-refractivity contribution in [1.82, 2.24) is 14.3 Å². The second kappa shape index (κ2) is 5.79. The molecule has 1 heterocycles. The molecule has 0 bridgehead atoms. The van der Waals surface area contributed by atoms with Crippen LogP contribution in [0.2, 0.25) is 0 Å². The minimum atomic E-state index is -3.39. The van der Waals surface area contributed by atoms with Crippen molar-refractivity contribution in [3.63, 3.8) is 0 Å². The molecule has 2 rings (SSSR count). The van der Waals surface area contributed by atoms with Gasteiger partial charge < -0.3 is 5.32 Å². The van der Waals surface area contributed by atoms with Gasteiger partial charge in [0.2, 0.25) is 0 Å². The Hall–Kier alpha value is -0.950. The summed E-state index contributed by atoms with van der Waals surface area (Å²) in [5.74, 6) is 0. The smallest absolute Gasteiger partial charge is 0.280 e. The van der Waals surface area contributed by atoms with Gasteiger partial charge >= 0.3 is 0 Å². The zero-order valence-electron chi connectivity index (χ0n) is 10.5. The van der Waals surface area contributed by atoms with Gasteiger partial charge in [-0.3, -0.25) is 0 Å². The van der Waals surface area contributed by atoms with E-state index < -0.39 is 10.2 Å². The molecule has 5 nitrogen and oxygen atoms in total. The predicted molar refractivity (Wildman–Crippen MR) is 71.4 cm³/mol. The minimum Gasteiger partial charge on any atom is -0.314 e. The predicted octanol–water partition coefficient (Wildman–Crippen LogP) is 0.487. The highest BCUT2D eigenvalue weighted by atomic mass is 32.2. The normalized spacial score (nSPS) is 19.6. The molecule has 1 aliphatic rings. The van der Waals surface area contributed by atoms with Crippen LogP contribution in [0.3, 0.4) is 0 Å². The van der Waals surface area contributed by atoms with Gasteiger partial charge in [0.15, 0.2) is 0 Å². The molecule has 0 saturated carbocycles. The van der Waals surface area contributed by atoms with Crippen LogP contribution in [0.15, 0.2) is 30.3 Å². The van der Waals surface area contributed by atoms with E-state index in [9.17, 15) is 8.42 Å². The molecule has 1 aromatic carbocycles. The van der Waals surface area contributed by atoms with Crippen LogP contribution in [0.25, 0.3) is 0 Å². The first-order valence-electron chi connectivity index (χ1n) is 6.12. The lowest BCUT2D eigenvalue weighted by Crippen LogP contribution is -2.50. The lowest BCUT2D eigenvalue weighted by atomic mass is 10.1. The van der Waals surface area contributed by atoms with Gasteiger partial charge in [-0.15, -0.1) is 0 Å². The number of hydrogen-bond donors (Lipinski definition) is 2. The Bertz CT molecular complexity index is 469. The summed E-state index contributed by atoms with van der Waals surface area (Å²) in [6, 6.07) is 9.36. The number of rotatable bonds is 4. The Balaban J connectivity index is 2.03. The molecule has 0 aliphatic carbocycles. The lowest BCUT2D eigenvalue weighted by molar-refractivity contribution is 0.352. The number of benzene rings is 1. The first kappa shape index (κ1) is 13.5. The molecule has 1 aromatic rings. The van der Waals surface area contributed by atoms with Crippen LogP contribution in [-0.4, -0.2) is 38.9 Å². The maximum Gasteiger partial charge on any atom is 0.280 e. The average Bonchev–Trinajstić information content (AvgIpc) is 2.40. The van der Waals surface area contributed by atoms with Crippen molar-refractivity contribution in [2.45, 2.75) is 13.0 Å². The molecule has 100 valence electrons. The zero-order valence-corrected chi connectivity index (χ0v) is 11.3. The highest BCUT2D eigenvalue weighted by Crippen LogP contribution is 2.14. The largest absolute Gasteiger partial charge is 0.314 e. The van der Waals surface area contributed by atoms with E-state index in [0.29, 0.717) is 26.2 Å². The number of piperazine rings is 1. The maximum absolute atomic E-state index is 12.2. The fraction of sp³-hybridized carbons (Fsp3) is 0.500. The highest BCUT2D eigenvalue weighted by Gasteiger charge is 2.25. The summed E-state index contributed by atoms with van der Waals surface area (Å²) in [6.45, 7) is 4.32. The van der Waals surface area contributed by atoms with Crippen molar-refractivity contribution in [2.24, 2.45) is 0 Å². The van der Waals surface area contributed by atoms with Crippen molar-refractivity contribution >= 4 is 10.2 Å². The second-order valence-corrected chi connectivity index (χ2v) is 6.11. The Morgan fingerprint density at radius 1 is 1.22 bits per heavy atom. The van der Waals surface area contributed by atoms with Gasteiger partial charge in [0.1, 0.15) is 0 Å². The van der Waals surface area contributed by atoms with Crippen molar-refractivity contribution in [3.8, 4) is 0 Å². The van der Waals surface area contributed by atoms with E-state index in [1.165, 1.54) is 4.31 Å². The molecule has 0 aromatic heterocycles. The molecule has 1 fully saturated rings. The maximum atomic E-state index is 12.2. The van der Waals surface area contributed by atoms with Crippen LogP contribution >= 0.6 is 0 Å². The standard InChI is InChI=1S/C12H19N3O2S/c1-11(12-5-3-2-4-6-12)14-18(16,17)15-9-7-13-8-10-15/h2-6,11,13-14H,7-10H2,1H3/t11-/m1/s1. The van der Waals surface area contributed by atoms with E-state index in [2.05, 4.69) is 10.0 Å². The molecule has 1 atom stereocenters. The fourth-order valence-electron chi connectivity index (χ4n) is 1.99. The summed E-state index contributed by atoms with van der Waals surface area (Å²) in [4.78, 5) is 0. The van der Waals surface area contributed by atoms with E-state index in [1.807, 2.05) is 37.3 Å². The topological polar surface area (TPSA) is 61.4 Å². The van der Waals surface area contributed by atoms with Crippen LogP contribution in [0.5, 0.6) is 0 Å². The van der Waals surface area contributed by atoms with Gasteiger partial charge in [0.05, 0.1) is 0 Å². The molecule has 0 unspecified atom stereocenters. The molecule has 1 saturated heterocycles. The Labute approximate surface area is 108 Å². The summed E-state index contributed by atoms with van der Waals surface area (Å²) in [5, 5.41) is 3.14. The number of nitrogens with one attached hydrogen (secondary N) is 2. The lowest BCUT2D eigenvalue weighted by Gasteiger charge is -2.28. The summed E-state index contributed by atoms with van der Waals surface area (Å²) < 4.78 is 28.5. The van der Waals surface area contributed by atoms with Gasteiger partial charge in [0, 0.05) is 32.2 Å². The molecule has 0 spiro atoms. The fourth-order valence-corrected chi connectivity index (χ4v) is 3.39. The highest BCUT2D eigenvalue weighted by molar-refractivity contribution is 7.87. The third kappa shape index (κ3) is 3.29. The quantitative estimate of drug-likeness (QED) is 0.836. The van der Waals surface area contributed by atoms with Crippen LogP contribution in [-0.2, 0) is 10.2 Å². The summed E-state index contributed by atoms with van der Waals surface area (Å²) in [6.07, 6.45) is 0. The van der Waals surface area contributed by atoms with Crippen molar-refractivity contribution in [3.05, 3.63) is 35.9 Å². The number of hydrogen-bond acceptors (Lipinski definition) is 3. The van der Waals surface area contributed by atoms with Gasteiger partial charge in [-0.05, 0) is 12.5 Å². The SMILES string of the molecule is C[C@@H](NS(=O)(=O)N1CCNCC1)c1ccccc1. The van der Waals surface area contributed by atoms with E-state index in [-0.39, 0.29) is 6.04 Å². The molecule has 0 radical (unpaired) electrons. The van der Waals surface area contributed by atoms with Gasteiger partial charge in [0.25, 0.3) is 10.2 Å². The van der Waals surface area contributed by atoms with Crippen LogP contribution in [0, 0.1) is 0 Å². The van der Waals surface area contributed by atoms with Crippen molar-refractivity contribution in [2.75, 3.05) is 26.2 Å². The zero-order chi connectivity index (χ0) is 13.0. The summed E-state index contributed by atoms with van der Waals surface area (Å²) in [7, 11) is -3.39. The molecular formula is C12H19N3O2S. The average molecular weight is 269 g/mol. The van der Waals surface area contributed by atoms with Crippen LogP contribution in [0.4, 0.5) is 0 Å². The van der Waals surface area contributed by atoms with E-state index in [1.54, 1.807) is 0 Å². The monoisotopic (exact) mass is 269 g/mol. The van der Waals surface area contributed by atoms with E-state index in [0.717, 1.165) is 5.56 Å².